The second-order valence-corrected chi connectivity index (χ2v) is 5.80. The van der Waals surface area contributed by atoms with Crippen molar-refractivity contribution in [2.75, 3.05) is 4.90 Å². The molecule has 0 aromatic heterocycles. The van der Waals surface area contributed by atoms with Crippen LogP contribution in [-0.4, -0.2) is 17.6 Å². The van der Waals surface area contributed by atoms with E-state index in [0.717, 1.165) is 11.3 Å². The maximum atomic E-state index is 12.5. The van der Waals surface area contributed by atoms with Gasteiger partial charge in [-0.2, -0.15) is 0 Å². The van der Waals surface area contributed by atoms with Crippen LogP contribution in [0.15, 0.2) is 48.5 Å². The molecule has 1 atom stereocenters. The normalized spacial score (nSPS) is 14.4. The Hall–Kier alpha value is -2.95. The smallest absolute Gasteiger partial charge is 0.258 e. The Balaban J connectivity index is 1.87. The fraction of sp³-hybridized carbons (Fsp3) is 0.211. The first-order valence-electron chi connectivity index (χ1n) is 7.84. The molecule has 1 aliphatic rings. The number of anilines is 1. The van der Waals surface area contributed by atoms with Crippen LogP contribution in [0.3, 0.4) is 0 Å². The first kappa shape index (κ1) is 15.9. The van der Waals surface area contributed by atoms with Crippen molar-refractivity contribution in [3.8, 4) is 0 Å². The standard InChI is InChI=1S/C19H18N2O3/c1-2-16(22)17(18(20)23)12-7-9-14(10-8-12)21-11-13-5-3-4-6-15(13)19(21)24/h3-10,17H,2,11H2,1H3,(H2,20,23). The number of carbonyl (C=O) groups excluding carboxylic acids is 3. The number of carbonyl (C=O) groups is 3. The average Bonchev–Trinajstić information content (AvgIpc) is 2.92. The minimum atomic E-state index is -0.935. The summed E-state index contributed by atoms with van der Waals surface area (Å²) in [6.07, 6.45) is 0.245. The van der Waals surface area contributed by atoms with Gasteiger partial charge in [0.25, 0.3) is 5.91 Å². The van der Waals surface area contributed by atoms with Gasteiger partial charge >= 0.3 is 0 Å². The van der Waals surface area contributed by atoms with Crippen LogP contribution in [0.25, 0.3) is 0 Å². The Labute approximate surface area is 140 Å². The number of primary amides is 1. The molecule has 0 spiro atoms. The van der Waals surface area contributed by atoms with Crippen molar-refractivity contribution >= 4 is 23.3 Å². The maximum absolute atomic E-state index is 12.5. The Kier molecular flexibility index (Phi) is 4.16. The number of benzene rings is 2. The van der Waals surface area contributed by atoms with Crippen molar-refractivity contribution in [3.63, 3.8) is 0 Å². The molecule has 1 unspecified atom stereocenters. The van der Waals surface area contributed by atoms with Gasteiger partial charge in [-0.05, 0) is 29.3 Å². The summed E-state index contributed by atoms with van der Waals surface area (Å²) in [6.45, 7) is 2.22. The van der Waals surface area contributed by atoms with Crippen LogP contribution in [0, 0.1) is 0 Å². The fourth-order valence-corrected chi connectivity index (χ4v) is 3.02. The van der Waals surface area contributed by atoms with E-state index in [1.54, 1.807) is 36.1 Å². The zero-order chi connectivity index (χ0) is 17.3. The molecule has 2 aromatic carbocycles. The number of fused-ring (bicyclic) bond motifs is 1. The van der Waals surface area contributed by atoms with E-state index in [-0.39, 0.29) is 18.1 Å². The largest absolute Gasteiger partial charge is 0.369 e. The van der Waals surface area contributed by atoms with Crippen molar-refractivity contribution in [3.05, 3.63) is 65.2 Å². The zero-order valence-electron chi connectivity index (χ0n) is 13.4. The molecule has 5 heteroatoms. The minimum absolute atomic E-state index is 0.0468. The molecule has 2 amide bonds. The van der Waals surface area contributed by atoms with Crippen molar-refractivity contribution in [2.24, 2.45) is 5.73 Å². The molecule has 24 heavy (non-hydrogen) atoms. The summed E-state index contributed by atoms with van der Waals surface area (Å²) in [6, 6.07) is 14.4. The molecule has 1 aliphatic heterocycles. The highest BCUT2D eigenvalue weighted by molar-refractivity contribution is 6.10. The summed E-state index contributed by atoms with van der Waals surface area (Å²) in [5, 5.41) is 0. The van der Waals surface area contributed by atoms with Crippen molar-refractivity contribution in [2.45, 2.75) is 25.8 Å². The Morgan fingerprint density at radius 3 is 2.38 bits per heavy atom. The molecule has 3 rings (SSSR count). The number of nitrogens with zero attached hydrogens (tertiary/aromatic N) is 1. The second kappa shape index (κ2) is 6.28. The summed E-state index contributed by atoms with van der Waals surface area (Å²) in [5.41, 5.74) is 8.34. The van der Waals surface area contributed by atoms with E-state index in [0.29, 0.717) is 17.7 Å². The Morgan fingerprint density at radius 1 is 1.12 bits per heavy atom. The number of hydrogen-bond donors (Lipinski definition) is 1. The van der Waals surface area contributed by atoms with E-state index < -0.39 is 11.8 Å². The van der Waals surface area contributed by atoms with Crippen molar-refractivity contribution in [1.82, 2.24) is 0 Å². The molecule has 2 N–H and O–H groups in total. The van der Waals surface area contributed by atoms with E-state index >= 15 is 0 Å². The third kappa shape index (κ3) is 2.69. The van der Waals surface area contributed by atoms with Gasteiger partial charge < -0.3 is 10.6 Å². The lowest BCUT2D eigenvalue weighted by atomic mass is 9.92. The highest BCUT2D eigenvalue weighted by Crippen LogP contribution is 2.29. The van der Waals surface area contributed by atoms with Crippen LogP contribution in [0.5, 0.6) is 0 Å². The molecule has 0 aliphatic carbocycles. The van der Waals surface area contributed by atoms with E-state index in [4.69, 9.17) is 5.73 Å². The summed E-state index contributed by atoms with van der Waals surface area (Å²) in [5.74, 6) is -1.84. The maximum Gasteiger partial charge on any atom is 0.258 e. The molecule has 5 nitrogen and oxygen atoms in total. The summed E-state index contributed by atoms with van der Waals surface area (Å²) >= 11 is 0. The predicted molar refractivity (Wildman–Crippen MR) is 90.6 cm³/mol. The SMILES string of the molecule is CCC(=O)C(C(N)=O)c1ccc(N2Cc3ccccc3C2=O)cc1. The van der Waals surface area contributed by atoms with Crippen LogP contribution in [0.4, 0.5) is 5.69 Å². The monoisotopic (exact) mass is 322 g/mol. The van der Waals surface area contributed by atoms with Crippen LogP contribution >= 0.6 is 0 Å². The number of nitrogens with two attached hydrogens (primary N) is 1. The molecule has 2 aromatic rings. The number of ketones is 1. The Bertz CT molecular complexity index is 812. The highest BCUT2D eigenvalue weighted by Gasteiger charge is 2.29. The highest BCUT2D eigenvalue weighted by atomic mass is 16.2. The van der Waals surface area contributed by atoms with Gasteiger partial charge in [0.1, 0.15) is 11.7 Å². The van der Waals surface area contributed by atoms with Crippen LogP contribution in [0.1, 0.15) is 40.7 Å². The molecule has 0 radical (unpaired) electrons. The van der Waals surface area contributed by atoms with Gasteiger partial charge in [0.2, 0.25) is 5.91 Å². The predicted octanol–water partition coefficient (Wildman–Crippen LogP) is 2.40. The van der Waals surface area contributed by atoms with Crippen molar-refractivity contribution in [1.29, 1.82) is 0 Å². The third-order valence-corrected chi connectivity index (χ3v) is 4.31. The van der Waals surface area contributed by atoms with Gasteiger partial charge in [0, 0.05) is 17.7 Å². The lowest BCUT2D eigenvalue weighted by molar-refractivity contribution is -0.128. The minimum Gasteiger partial charge on any atom is -0.369 e. The lowest BCUT2D eigenvalue weighted by Crippen LogP contribution is -2.28. The van der Waals surface area contributed by atoms with E-state index in [9.17, 15) is 14.4 Å². The molecule has 0 bridgehead atoms. The van der Waals surface area contributed by atoms with Crippen molar-refractivity contribution < 1.29 is 14.4 Å². The molecular weight excluding hydrogens is 304 g/mol. The molecule has 122 valence electrons. The summed E-state index contributed by atoms with van der Waals surface area (Å²) < 4.78 is 0. The van der Waals surface area contributed by atoms with Crippen LogP contribution in [-0.2, 0) is 16.1 Å². The number of rotatable bonds is 5. The van der Waals surface area contributed by atoms with Gasteiger partial charge in [-0.25, -0.2) is 0 Å². The average molecular weight is 322 g/mol. The number of Topliss-reactive ketones (excluding diaryl/α,β-unsaturated/α-hetero) is 1. The molecule has 1 heterocycles. The molecular formula is C19H18N2O3. The summed E-state index contributed by atoms with van der Waals surface area (Å²) in [4.78, 5) is 37.7. The van der Waals surface area contributed by atoms with Gasteiger partial charge in [0.15, 0.2) is 0 Å². The topological polar surface area (TPSA) is 80.5 Å². The second-order valence-electron chi connectivity index (χ2n) is 5.80. The number of amides is 2. The van der Waals surface area contributed by atoms with E-state index in [2.05, 4.69) is 0 Å². The Morgan fingerprint density at radius 2 is 1.79 bits per heavy atom. The third-order valence-electron chi connectivity index (χ3n) is 4.31. The first-order valence-corrected chi connectivity index (χ1v) is 7.84. The molecule has 0 saturated carbocycles. The molecule has 0 saturated heterocycles. The van der Waals surface area contributed by atoms with E-state index in [1.807, 2.05) is 24.3 Å². The first-order chi connectivity index (χ1) is 11.5. The quantitative estimate of drug-likeness (QED) is 0.858. The summed E-state index contributed by atoms with van der Waals surface area (Å²) in [7, 11) is 0. The van der Waals surface area contributed by atoms with Gasteiger partial charge in [-0.3, -0.25) is 14.4 Å². The van der Waals surface area contributed by atoms with Gasteiger partial charge in [0.05, 0.1) is 6.54 Å². The van der Waals surface area contributed by atoms with Gasteiger partial charge in [-0.1, -0.05) is 37.3 Å². The molecule has 0 fully saturated rings. The van der Waals surface area contributed by atoms with Crippen LogP contribution in [0.2, 0.25) is 0 Å². The van der Waals surface area contributed by atoms with Gasteiger partial charge in [-0.15, -0.1) is 0 Å². The van der Waals surface area contributed by atoms with E-state index in [1.165, 1.54) is 0 Å². The lowest BCUT2D eigenvalue weighted by Gasteiger charge is -2.17. The van der Waals surface area contributed by atoms with Crippen LogP contribution < -0.4 is 10.6 Å². The fourth-order valence-electron chi connectivity index (χ4n) is 3.02. The number of hydrogen-bond acceptors (Lipinski definition) is 3. The zero-order valence-corrected chi connectivity index (χ0v) is 13.4.